The van der Waals surface area contributed by atoms with E-state index in [9.17, 15) is 4.79 Å². The van der Waals surface area contributed by atoms with Gasteiger partial charge in [0.05, 0.1) is 30.0 Å². The van der Waals surface area contributed by atoms with E-state index in [4.69, 9.17) is 10.00 Å². The van der Waals surface area contributed by atoms with Crippen molar-refractivity contribution in [2.45, 2.75) is 6.42 Å². The zero-order chi connectivity index (χ0) is 22.2. The highest BCUT2D eigenvalue weighted by Crippen LogP contribution is 2.30. The minimum absolute atomic E-state index is 0.0510. The van der Waals surface area contributed by atoms with E-state index in [0.29, 0.717) is 16.9 Å². The summed E-state index contributed by atoms with van der Waals surface area (Å²) in [7, 11) is 5.13. The molecule has 1 aliphatic heterocycles. The average molecular weight is 423 g/mol. The Morgan fingerprint density at radius 3 is 2.71 bits per heavy atom. The highest BCUT2D eigenvalue weighted by molar-refractivity contribution is 5.98. The van der Waals surface area contributed by atoms with Crippen molar-refractivity contribution >= 4 is 17.4 Å². The van der Waals surface area contributed by atoms with Crippen LogP contribution in [0.25, 0.3) is 0 Å². The fourth-order valence-electron chi connectivity index (χ4n) is 3.69. The summed E-state index contributed by atoms with van der Waals surface area (Å²) in [6.45, 7) is 5.51. The maximum Gasteiger partial charge on any atom is 0.257 e. The fraction of sp³-hybridized carbons (Fsp3) is 0.435. The lowest BCUT2D eigenvalue weighted by atomic mass is 10.1. The molecule has 1 N–H and O–H groups in total. The molecule has 0 aliphatic carbocycles. The Balaban J connectivity index is 1.46. The smallest absolute Gasteiger partial charge is 0.257 e. The SMILES string of the molecule is COc1cc(C#N)ccc1N1CCN(CCCNc2ncccc2C(=O)N(C)C)CC1. The Bertz CT molecular complexity index is 932. The van der Waals surface area contributed by atoms with Crippen LogP contribution in [0.15, 0.2) is 36.5 Å². The molecule has 8 nitrogen and oxygen atoms in total. The summed E-state index contributed by atoms with van der Waals surface area (Å²) in [4.78, 5) is 22.9. The number of benzene rings is 1. The third kappa shape index (κ3) is 5.64. The molecule has 1 fully saturated rings. The largest absolute Gasteiger partial charge is 0.495 e. The lowest BCUT2D eigenvalue weighted by molar-refractivity contribution is 0.0828. The highest BCUT2D eigenvalue weighted by Gasteiger charge is 2.20. The molecule has 8 heteroatoms. The number of aromatic nitrogens is 1. The lowest BCUT2D eigenvalue weighted by Crippen LogP contribution is -2.47. The number of methoxy groups -OCH3 is 1. The molecule has 31 heavy (non-hydrogen) atoms. The number of ether oxygens (including phenoxy) is 1. The van der Waals surface area contributed by atoms with Crippen LogP contribution < -0.4 is 15.0 Å². The summed E-state index contributed by atoms with van der Waals surface area (Å²) in [5.41, 5.74) is 2.24. The van der Waals surface area contributed by atoms with Crippen LogP contribution in [0.5, 0.6) is 5.75 Å². The van der Waals surface area contributed by atoms with E-state index in [2.05, 4.69) is 26.2 Å². The third-order valence-corrected chi connectivity index (χ3v) is 5.41. The second-order valence-electron chi connectivity index (χ2n) is 7.71. The van der Waals surface area contributed by atoms with Gasteiger partial charge in [0.15, 0.2) is 0 Å². The zero-order valence-electron chi connectivity index (χ0n) is 18.5. The number of rotatable bonds is 8. The Kier molecular flexibility index (Phi) is 7.68. The summed E-state index contributed by atoms with van der Waals surface area (Å²) in [5.74, 6) is 1.33. The van der Waals surface area contributed by atoms with Crippen molar-refractivity contribution in [1.82, 2.24) is 14.8 Å². The molecule has 1 aliphatic rings. The van der Waals surface area contributed by atoms with Crippen LogP contribution in [0, 0.1) is 11.3 Å². The number of nitriles is 1. The van der Waals surface area contributed by atoms with Gasteiger partial charge in [0.25, 0.3) is 5.91 Å². The first-order chi connectivity index (χ1) is 15.0. The Hall–Kier alpha value is -3.31. The van der Waals surface area contributed by atoms with Crippen molar-refractivity contribution in [2.75, 3.05) is 70.7 Å². The first-order valence-corrected chi connectivity index (χ1v) is 10.5. The third-order valence-electron chi connectivity index (χ3n) is 5.41. The molecular formula is C23H30N6O2. The summed E-state index contributed by atoms with van der Waals surface area (Å²) < 4.78 is 5.48. The fourth-order valence-corrected chi connectivity index (χ4v) is 3.69. The lowest BCUT2D eigenvalue weighted by Gasteiger charge is -2.36. The minimum Gasteiger partial charge on any atom is -0.495 e. The van der Waals surface area contributed by atoms with E-state index in [-0.39, 0.29) is 5.91 Å². The van der Waals surface area contributed by atoms with Gasteiger partial charge in [0.2, 0.25) is 0 Å². The number of pyridine rings is 1. The Morgan fingerprint density at radius 1 is 1.26 bits per heavy atom. The van der Waals surface area contributed by atoms with Crippen LogP contribution >= 0.6 is 0 Å². The molecule has 2 heterocycles. The Morgan fingerprint density at radius 2 is 2.03 bits per heavy atom. The van der Waals surface area contributed by atoms with Gasteiger partial charge in [-0.3, -0.25) is 9.69 Å². The van der Waals surface area contributed by atoms with E-state index in [1.54, 1.807) is 50.5 Å². The van der Waals surface area contributed by atoms with Gasteiger partial charge in [-0.05, 0) is 37.2 Å². The van der Waals surface area contributed by atoms with Crippen LogP contribution in [-0.4, -0.2) is 81.2 Å². The van der Waals surface area contributed by atoms with Gasteiger partial charge < -0.3 is 19.9 Å². The molecule has 0 radical (unpaired) electrons. The van der Waals surface area contributed by atoms with Crippen molar-refractivity contribution in [3.63, 3.8) is 0 Å². The van der Waals surface area contributed by atoms with Gasteiger partial charge in [-0.15, -0.1) is 0 Å². The topological polar surface area (TPSA) is 84.7 Å². The van der Waals surface area contributed by atoms with Gasteiger partial charge in [0.1, 0.15) is 11.6 Å². The van der Waals surface area contributed by atoms with Crippen LogP contribution in [-0.2, 0) is 0 Å². The molecule has 1 amide bonds. The number of hydrogen-bond acceptors (Lipinski definition) is 7. The number of carbonyl (C=O) groups is 1. The Labute approximate surface area is 184 Å². The zero-order valence-corrected chi connectivity index (χ0v) is 18.5. The maximum absolute atomic E-state index is 12.3. The van der Waals surface area contributed by atoms with Crippen molar-refractivity contribution in [3.8, 4) is 11.8 Å². The number of piperazine rings is 1. The van der Waals surface area contributed by atoms with Gasteiger partial charge in [-0.1, -0.05) is 0 Å². The summed E-state index contributed by atoms with van der Waals surface area (Å²) >= 11 is 0. The predicted molar refractivity (Wildman–Crippen MR) is 122 cm³/mol. The summed E-state index contributed by atoms with van der Waals surface area (Å²) in [6.07, 6.45) is 2.66. The van der Waals surface area contributed by atoms with Crippen molar-refractivity contribution in [3.05, 3.63) is 47.7 Å². The molecule has 3 rings (SSSR count). The molecule has 164 valence electrons. The molecule has 0 saturated carbocycles. The normalized spacial score (nSPS) is 14.1. The number of amides is 1. The average Bonchev–Trinajstić information content (AvgIpc) is 2.81. The van der Waals surface area contributed by atoms with Crippen LogP contribution in [0.4, 0.5) is 11.5 Å². The summed E-state index contributed by atoms with van der Waals surface area (Å²) in [5, 5.41) is 12.4. The van der Waals surface area contributed by atoms with Crippen molar-refractivity contribution in [1.29, 1.82) is 5.26 Å². The molecule has 0 atom stereocenters. The van der Waals surface area contributed by atoms with E-state index < -0.39 is 0 Å². The number of nitrogens with one attached hydrogen (secondary N) is 1. The number of carbonyl (C=O) groups excluding carboxylic acids is 1. The second-order valence-corrected chi connectivity index (χ2v) is 7.71. The molecule has 2 aromatic rings. The quantitative estimate of drug-likeness (QED) is 0.654. The molecule has 0 bridgehead atoms. The second kappa shape index (κ2) is 10.6. The first kappa shape index (κ1) is 22.4. The van der Waals surface area contributed by atoms with E-state index >= 15 is 0 Å². The van der Waals surface area contributed by atoms with Gasteiger partial charge in [-0.25, -0.2) is 4.98 Å². The summed E-state index contributed by atoms with van der Waals surface area (Å²) in [6, 6.07) is 11.3. The molecule has 1 saturated heterocycles. The number of anilines is 2. The van der Waals surface area contributed by atoms with E-state index in [1.807, 2.05) is 12.1 Å². The van der Waals surface area contributed by atoms with Crippen LogP contribution in [0.1, 0.15) is 22.3 Å². The van der Waals surface area contributed by atoms with Crippen LogP contribution in [0.3, 0.4) is 0 Å². The minimum atomic E-state index is -0.0510. The highest BCUT2D eigenvalue weighted by atomic mass is 16.5. The first-order valence-electron chi connectivity index (χ1n) is 10.5. The molecule has 1 aromatic carbocycles. The molecule has 0 spiro atoms. The van der Waals surface area contributed by atoms with E-state index in [0.717, 1.165) is 57.1 Å². The maximum atomic E-state index is 12.3. The number of hydrogen-bond donors (Lipinski definition) is 1. The van der Waals surface area contributed by atoms with Gasteiger partial charge in [0, 0.05) is 59.1 Å². The number of nitrogens with zero attached hydrogens (tertiary/aromatic N) is 5. The van der Waals surface area contributed by atoms with Gasteiger partial charge >= 0.3 is 0 Å². The standard InChI is InChI=1S/C23H30N6O2/c1-27(2)23(30)19-6-4-9-25-22(19)26-10-5-11-28-12-14-29(15-13-28)20-8-7-18(17-24)16-21(20)31-3/h4,6-9,16H,5,10-15H2,1-3H3,(H,25,26). The molecular weight excluding hydrogens is 392 g/mol. The molecule has 0 unspecified atom stereocenters. The van der Waals surface area contributed by atoms with Crippen molar-refractivity contribution < 1.29 is 9.53 Å². The monoisotopic (exact) mass is 422 g/mol. The molecule has 1 aromatic heterocycles. The van der Waals surface area contributed by atoms with E-state index in [1.165, 1.54) is 0 Å². The van der Waals surface area contributed by atoms with Crippen molar-refractivity contribution in [2.24, 2.45) is 0 Å². The van der Waals surface area contributed by atoms with Crippen LogP contribution in [0.2, 0.25) is 0 Å². The predicted octanol–water partition coefficient (Wildman–Crippen LogP) is 2.29. The van der Waals surface area contributed by atoms with Gasteiger partial charge in [-0.2, -0.15) is 5.26 Å².